The van der Waals surface area contributed by atoms with Crippen LogP contribution in [0.4, 0.5) is 5.82 Å². The number of methoxy groups -OCH3 is 3. The number of carboxylic acids is 1. The Morgan fingerprint density at radius 3 is 1.85 bits per heavy atom. The average molecular weight is 847 g/mol. The lowest BCUT2D eigenvalue weighted by Crippen LogP contribution is -2.43. The normalized spacial score (nSPS) is 17.2. The zero-order valence-electron chi connectivity index (χ0n) is 35.9. The van der Waals surface area contributed by atoms with E-state index < -0.39 is 66.5 Å². The summed E-state index contributed by atoms with van der Waals surface area (Å²) >= 11 is 0. The molecule has 2 heterocycles. The van der Waals surface area contributed by atoms with Crippen molar-refractivity contribution in [3.63, 3.8) is 0 Å². The summed E-state index contributed by atoms with van der Waals surface area (Å²) in [5.41, 5.74) is 0.146. The third-order valence-corrected chi connectivity index (χ3v) is 10.1. The van der Waals surface area contributed by atoms with Crippen molar-refractivity contribution in [2.75, 3.05) is 66.1 Å². The molecule has 0 aliphatic carbocycles. The minimum atomic E-state index is -1.29. The van der Waals surface area contributed by atoms with Crippen LogP contribution < -0.4 is 20.5 Å². The Kier molecular flexibility index (Phi) is 18.9. The van der Waals surface area contributed by atoms with E-state index in [1.54, 1.807) is 14.2 Å². The summed E-state index contributed by atoms with van der Waals surface area (Å²) in [6.07, 6.45) is -4.09. The Bertz CT molecular complexity index is 1970. The smallest absolute Gasteiger partial charge is 0.351 e. The monoisotopic (exact) mass is 846 g/mol. The quantitative estimate of drug-likeness (QED) is 0.0627. The molecule has 0 saturated carbocycles. The molecule has 1 aromatic heterocycles. The van der Waals surface area contributed by atoms with Gasteiger partial charge in [0.25, 0.3) is 0 Å². The second kappa shape index (κ2) is 24.0. The number of hydrogen-bond donors (Lipinski definition) is 2. The lowest BCUT2D eigenvalue weighted by atomic mass is 9.80. The number of nitrogens with one attached hydrogen (secondary N) is 1. The van der Waals surface area contributed by atoms with Crippen LogP contribution in [0, 0.1) is 0 Å². The van der Waals surface area contributed by atoms with Crippen LogP contribution in [0.15, 0.2) is 95.9 Å². The summed E-state index contributed by atoms with van der Waals surface area (Å²) in [7, 11) is 4.64. The van der Waals surface area contributed by atoms with Gasteiger partial charge in [0, 0.05) is 20.2 Å². The number of rotatable bonds is 21. The first-order chi connectivity index (χ1) is 29.4. The van der Waals surface area contributed by atoms with E-state index in [0.717, 1.165) is 21.3 Å². The summed E-state index contributed by atoms with van der Waals surface area (Å²) in [6.45, 7) is 11.4. The number of ether oxygens (including phenoxy) is 7. The van der Waals surface area contributed by atoms with Gasteiger partial charge < -0.3 is 48.5 Å². The van der Waals surface area contributed by atoms with E-state index >= 15 is 0 Å². The summed E-state index contributed by atoms with van der Waals surface area (Å²) < 4.78 is 43.0. The van der Waals surface area contributed by atoms with Gasteiger partial charge >= 0.3 is 17.6 Å². The van der Waals surface area contributed by atoms with Crippen LogP contribution in [0.1, 0.15) is 63.5 Å². The fraction of sp³-hybridized carbons (Fsp3) is 0.444. The van der Waals surface area contributed by atoms with Crippen LogP contribution in [0.2, 0.25) is 0 Å². The molecule has 4 aromatic rings. The standard InChI is InChI=1S/C39H43N3O12.C6H15N/c1-25(43)40-32-20-21-42(38(47)41-32)37-36(51-23-22-48-2)35(54-34(46)19-18-33(44)45)31(53-37)24-52-39(26-8-6-5-7-9-26,27-10-14-29(49-3)15-11-27)28-12-16-30(50-4)17-13-28;1-4-7(5-2)6-3/h5-17,20-21,31,35-37H,18-19,22-24H2,1-4H3,(H,44,45)(H,40,41,43,47);4-6H2,1-3H3/t31-,35-,36-,37-;/m1./s1. The van der Waals surface area contributed by atoms with Gasteiger partial charge in [-0.3, -0.25) is 19.0 Å². The van der Waals surface area contributed by atoms with Crippen molar-refractivity contribution >= 4 is 23.7 Å². The summed E-state index contributed by atoms with van der Waals surface area (Å²) in [5.74, 6) is -1.12. The lowest BCUT2D eigenvalue weighted by molar-refractivity contribution is -0.162. The number of nitrogens with zero attached hydrogens (tertiary/aromatic N) is 3. The molecule has 1 aliphatic heterocycles. The Hall–Kier alpha value is -5.65. The fourth-order valence-corrected chi connectivity index (χ4v) is 6.88. The minimum Gasteiger partial charge on any atom is -0.497 e. The third-order valence-electron chi connectivity index (χ3n) is 10.1. The van der Waals surface area contributed by atoms with E-state index in [9.17, 15) is 24.3 Å². The Labute approximate surface area is 356 Å². The summed E-state index contributed by atoms with van der Waals surface area (Å²) in [5, 5.41) is 11.7. The first kappa shape index (κ1) is 48.0. The molecule has 16 nitrogen and oxygen atoms in total. The molecule has 2 N–H and O–H groups in total. The predicted octanol–water partition coefficient (Wildman–Crippen LogP) is 5.28. The molecule has 1 amide bonds. The van der Waals surface area contributed by atoms with E-state index in [4.69, 9.17) is 33.2 Å². The maximum atomic E-state index is 13.4. The molecular weight excluding hydrogens is 789 g/mol. The van der Waals surface area contributed by atoms with Crippen LogP contribution in [0.3, 0.4) is 0 Å². The van der Waals surface area contributed by atoms with E-state index in [1.165, 1.54) is 45.9 Å². The van der Waals surface area contributed by atoms with Crippen molar-refractivity contribution < 1.29 is 52.6 Å². The molecule has 61 heavy (non-hydrogen) atoms. The number of aliphatic carboxylic acids is 1. The highest BCUT2D eigenvalue weighted by atomic mass is 16.6. The number of benzene rings is 3. The number of carboxylic acid groups (broad SMARTS) is 1. The Balaban J connectivity index is 0.00000107. The molecule has 1 saturated heterocycles. The Morgan fingerprint density at radius 1 is 0.803 bits per heavy atom. The van der Waals surface area contributed by atoms with E-state index in [2.05, 4.69) is 36.0 Å². The molecule has 16 heteroatoms. The number of amides is 1. The van der Waals surface area contributed by atoms with Crippen LogP contribution in [0.25, 0.3) is 0 Å². The van der Waals surface area contributed by atoms with Crippen LogP contribution in [0.5, 0.6) is 11.5 Å². The average Bonchev–Trinajstić information content (AvgIpc) is 3.60. The maximum absolute atomic E-state index is 13.4. The molecule has 0 radical (unpaired) electrons. The molecule has 0 bridgehead atoms. The van der Waals surface area contributed by atoms with Gasteiger partial charge in [0.1, 0.15) is 35.1 Å². The van der Waals surface area contributed by atoms with E-state index in [1.807, 2.05) is 78.9 Å². The number of carbonyl (C=O) groups excluding carboxylic acids is 2. The second-order valence-electron chi connectivity index (χ2n) is 13.9. The molecule has 4 atom stereocenters. The third kappa shape index (κ3) is 12.9. The fourth-order valence-electron chi connectivity index (χ4n) is 6.88. The van der Waals surface area contributed by atoms with Gasteiger partial charge in [0.2, 0.25) is 5.91 Å². The number of aromatic nitrogens is 2. The van der Waals surface area contributed by atoms with Crippen molar-refractivity contribution in [2.24, 2.45) is 0 Å². The number of anilines is 1. The Morgan fingerprint density at radius 2 is 1.38 bits per heavy atom. The van der Waals surface area contributed by atoms with Crippen LogP contribution >= 0.6 is 0 Å². The highest BCUT2D eigenvalue weighted by Gasteiger charge is 2.51. The predicted molar refractivity (Wildman–Crippen MR) is 227 cm³/mol. The summed E-state index contributed by atoms with van der Waals surface area (Å²) in [4.78, 5) is 55.9. The summed E-state index contributed by atoms with van der Waals surface area (Å²) in [6, 6.07) is 25.7. The van der Waals surface area contributed by atoms with Crippen LogP contribution in [-0.4, -0.2) is 116 Å². The lowest BCUT2D eigenvalue weighted by Gasteiger charge is -2.37. The molecular formula is C45H58N4O12. The maximum Gasteiger partial charge on any atom is 0.351 e. The largest absolute Gasteiger partial charge is 0.497 e. The molecule has 0 unspecified atom stereocenters. The highest BCUT2D eigenvalue weighted by molar-refractivity contribution is 5.87. The van der Waals surface area contributed by atoms with Gasteiger partial charge in [-0.05, 0) is 66.7 Å². The van der Waals surface area contributed by atoms with Gasteiger partial charge in [-0.15, -0.1) is 0 Å². The molecule has 330 valence electrons. The first-order valence-electron chi connectivity index (χ1n) is 20.2. The first-order valence-corrected chi connectivity index (χ1v) is 20.2. The zero-order valence-corrected chi connectivity index (χ0v) is 35.9. The topological polar surface area (TPSA) is 186 Å². The minimum absolute atomic E-state index is 0.0234. The second-order valence-corrected chi connectivity index (χ2v) is 13.9. The SMILES string of the molecule is CCN(CC)CC.COCCO[C@@H]1[C@H](OC(=O)CCC(=O)O)[C@@H](COC(c2ccccc2)(c2ccc(OC)cc2)c2ccc(OC)cc2)O[C@H]1n1ccc(NC(C)=O)nc1=O. The molecule has 0 spiro atoms. The number of esters is 1. The van der Waals surface area contributed by atoms with Gasteiger partial charge in [0.15, 0.2) is 12.3 Å². The number of carbonyl (C=O) groups is 3. The zero-order chi connectivity index (χ0) is 44.4. The van der Waals surface area contributed by atoms with Gasteiger partial charge in [-0.1, -0.05) is 75.4 Å². The van der Waals surface area contributed by atoms with Crippen molar-refractivity contribution in [1.29, 1.82) is 0 Å². The molecule has 5 rings (SSSR count). The molecule has 1 fully saturated rings. The van der Waals surface area contributed by atoms with E-state index in [0.29, 0.717) is 11.5 Å². The highest BCUT2D eigenvalue weighted by Crippen LogP contribution is 2.43. The van der Waals surface area contributed by atoms with Gasteiger partial charge in [-0.25, -0.2) is 4.79 Å². The van der Waals surface area contributed by atoms with Gasteiger partial charge in [-0.2, -0.15) is 4.98 Å². The number of hydrogen-bond acceptors (Lipinski definition) is 13. The van der Waals surface area contributed by atoms with Crippen molar-refractivity contribution in [3.8, 4) is 11.5 Å². The van der Waals surface area contributed by atoms with Gasteiger partial charge in [0.05, 0.1) is 46.9 Å². The van der Waals surface area contributed by atoms with Crippen molar-refractivity contribution in [3.05, 3.63) is 118 Å². The van der Waals surface area contributed by atoms with Crippen molar-refractivity contribution in [1.82, 2.24) is 14.5 Å². The van der Waals surface area contributed by atoms with E-state index in [-0.39, 0.29) is 25.6 Å². The van der Waals surface area contributed by atoms with Crippen molar-refractivity contribution in [2.45, 2.75) is 70.7 Å². The van der Waals surface area contributed by atoms with Crippen LogP contribution in [-0.2, 0) is 43.7 Å². The molecule has 3 aromatic carbocycles. The molecule has 1 aliphatic rings.